The molecule has 1 aromatic carbocycles. The third kappa shape index (κ3) is 4.06. The predicted molar refractivity (Wildman–Crippen MR) is 78.7 cm³/mol. The van der Waals surface area contributed by atoms with Crippen LogP contribution in [0, 0.1) is 16.0 Å². The maximum atomic E-state index is 12.0. The SMILES string of the molecule is Cl.O=C(NCC1CCNC1)c1cc(Cl)ccc1[N+](=O)[O-]. The molecule has 1 saturated heterocycles. The van der Waals surface area contributed by atoms with E-state index in [4.69, 9.17) is 11.6 Å². The smallest absolute Gasteiger partial charge is 0.282 e. The zero-order chi connectivity index (χ0) is 13.8. The van der Waals surface area contributed by atoms with E-state index in [0.717, 1.165) is 19.5 Å². The summed E-state index contributed by atoms with van der Waals surface area (Å²) in [5, 5.41) is 17.1. The van der Waals surface area contributed by atoms with Crippen molar-refractivity contribution in [3.05, 3.63) is 38.9 Å². The molecule has 1 atom stereocenters. The van der Waals surface area contributed by atoms with Crippen molar-refractivity contribution in [3.8, 4) is 0 Å². The van der Waals surface area contributed by atoms with E-state index in [0.29, 0.717) is 17.5 Å². The lowest BCUT2D eigenvalue weighted by molar-refractivity contribution is -0.385. The van der Waals surface area contributed by atoms with E-state index < -0.39 is 10.8 Å². The molecule has 0 radical (unpaired) electrons. The molecule has 0 spiro atoms. The molecule has 0 saturated carbocycles. The number of amides is 1. The van der Waals surface area contributed by atoms with Crippen molar-refractivity contribution in [1.29, 1.82) is 0 Å². The summed E-state index contributed by atoms with van der Waals surface area (Å²) in [5.41, 5.74) is -0.227. The highest BCUT2D eigenvalue weighted by Crippen LogP contribution is 2.22. The van der Waals surface area contributed by atoms with Gasteiger partial charge in [0.2, 0.25) is 0 Å². The number of nitrogens with zero attached hydrogens (tertiary/aromatic N) is 1. The number of hydrogen-bond donors (Lipinski definition) is 2. The van der Waals surface area contributed by atoms with Gasteiger partial charge in [-0.15, -0.1) is 12.4 Å². The predicted octanol–water partition coefficient (Wildman–Crippen LogP) is 2.01. The van der Waals surface area contributed by atoms with Crippen molar-refractivity contribution in [1.82, 2.24) is 10.6 Å². The van der Waals surface area contributed by atoms with Crippen LogP contribution in [0.5, 0.6) is 0 Å². The number of halogens is 2. The molecule has 1 unspecified atom stereocenters. The van der Waals surface area contributed by atoms with Crippen molar-refractivity contribution in [2.75, 3.05) is 19.6 Å². The normalized spacial score (nSPS) is 17.4. The van der Waals surface area contributed by atoms with E-state index in [2.05, 4.69) is 10.6 Å². The van der Waals surface area contributed by atoms with Gasteiger partial charge < -0.3 is 10.6 Å². The van der Waals surface area contributed by atoms with E-state index >= 15 is 0 Å². The third-order valence-corrected chi connectivity index (χ3v) is 3.35. The van der Waals surface area contributed by atoms with Crippen molar-refractivity contribution in [3.63, 3.8) is 0 Å². The molecule has 8 heteroatoms. The Morgan fingerprint density at radius 1 is 1.55 bits per heavy atom. The molecule has 0 aliphatic carbocycles. The second-order valence-electron chi connectivity index (χ2n) is 4.49. The second-order valence-corrected chi connectivity index (χ2v) is 4.92. The second kappa shape index (κ2) is 7.42. The maximum Gasteiger partial charge on any atom is 0.282 e. The minimum absolute atomic E-state index is 0. The zero-order valence-corrected chi connectivity index (χ0v) is 12.2. The molecule has 110 valence electrons. The summed E-state index contributed by atoms with van der Waals surface area (Å²) in [4.78, 5) is 22.3. The lowest BCUT2D eigenvalue weighted by Crippen LogP contribution is -2.30. The summed E-state index contributed by atoms with van der Waals surface area (Å²) < 4.78 is 0. The first-order valence-electron chi connectivity index (χ1n) is 6.01. The van der Waals surface area contributed by atoms with Gasteiger partial charge >= 0.3 is 0 Å². The summed E-state index contributed by atoms with van der Waals surface area (Å²) in [6.45, 7) is 2.31. The molecule has 20 heavy (non-hydrogen) atoms. The Morgan fingerprint density at radius 2 is 2.30 bits per heavy atom. The summed E-state index contributed by atoms with van der Waals surface area (Å²) in [6.07, 6.45) is 0.998. The minimum Gasteiger partial charge on any atom is -0.351 e. The van der Waals surface area contributed by atoms with Crippen LogP contribution in [0.1, 0.15) is 16.8 Å². The van der Waals surface area contributed by atoms with Gasteiger partial charge in [-0.05, 0) is 37.6 Å². The van der Waals surface area contributed by atoms with E-state index in [-0.39, 0.29) is 23.7 Å². The minimum atomic E-state index is -0.581. The van der Waals surface area contributed by atoms with Gasteiger partial charge in [-0.3, -0.25) is 14.9 Å². The van der Waals surface area contributed by atoms with E-state index in [9.17, 15) is 14.9 Å². The van der Waals surface area contributed by atoms with Gasteiger partial charge in [-0.2, -0.15) is 0 Å². The molecule has 1 aliphatic rings. The largest absolute Gasteiger partial charge is 0.351 e. The first-order valence-corrected chi connectivity index (χ1v) is 6.38. The Balaban J connectivity index is 0.00000200. The van der Waals surface area contributed by atoms with Crippen LogP contribution in [0.15, 0.2) is 18.2 Å². The van der Waals surface area contributed by atoms with Crippen molar-refractivity contribution in [2.45, 2.75) is 6.42 Å². The van der Waals surface area contributed by atoms with Gasteiger partial charge in [0.25, 0.3) is 11.6 Å². The fourth-order valence-electron chi connectivity index (χ4n) is 2.07. The third-order valence-electron chi connectivity index (χ3n) is 3.11. The van der Waals surface area contributed by atoms with Gasteiger partial charge in [-0.1, -0.05) is 11.6 Å². The highest BCUT2D eigenvalue weighted by Gasteiger charge is 2.22. The van der Waals surface area contributed by atoms with Crippen molar-refractivity contribution < 1.29 is 9.72 Å². The Hall–Kier alpha value is -1.37. The molecule has 1 amide bonds. The van der Waals surface area contributed by atoms with Crippen LogP contribution in [-0.4, -0.2) is 30.5 Å². The van der Waals surface area contributed by atoms with E-state index in [1.165, 1.54) is 18.2 Å². The summed E-state index contributed by atoms with van der Waals surface area (Å²) in [6, 6.07) is 3.97. The van der Waals surface area contributed by atoms with Crippen LogP contribution in [0.4, 0.5) is 5.69 Å². The number of hydrogen-bond acceptors (Lipinski definition) is 4. The number of rotatable bonds is 4. The number of nitrogens with one attached hydrogen (secondary N) is 2. The topological polar surface area (TPSA) is 84.3 Å². The van der Waals surface area contributed by atoms with E-state index in [1.54, 1.807) is 0 Å². The molecule has 2 N–H and O–H groups in total. The van der Waals surface area contributed by atoms with Gasteiger partial charge in [0, 0.05) is 17.6 Å². The lowest BCUT2D eigenvalue weighted by atomic mass is 10.1. The molecular formula is C12H15Cl2N3O3. The molecule has 0 aromatic heterocycles. The number of carbonyl (C=O) groups is 1. The molecule has 0 bridgehead atoms. The van der Waals surface area contributed by atoms with Crippen LogP contribution in [0.2, 0.25) is 5.02 Å². The first-order chi connectivity index (χ1) is 9.08. The van der Waals surface area contributed by atoms with Crippen molar-refractivity contribution in [2.24, 2.45) is 5.92 Å². The highest BCUT2D eigenvalue weighted by molar-refractivity contribution is 6.31. The van der Waals surface area contributed by atoms with Gasteiger partial charge in [0.15, 0.2) is 0 Å². The Labute approximate surface area is 127 Å². The molecule has 2 rings (SSSR count). The standard InChI is InChI=1S/C12H14ClN3O3.ClH/c13-9-1-2-11(16(18)19)10(5-9)12(17)15-7-8-3-4-14-6-8;/h1-2,5,8,14H,3-4,6-7H2,(H,15,17);1H. The molecule has 1 fully saturated rings. The molecule has 6 nitrogen and oxygen atoms in total. The van der Waals surface area contributed by atoms with Gasteiger partial charge in [-0.25, -0.2) is 0 Å². The fourth-order valence-corrected chi connectivity index (χ4v) is 2.24. The average Bonchev–Trinajstić information content (AvgIpc) is 2.88. The van der Waals surface area contributed by atoms with Crippen LogP contribution in [0.25, 0.3) is 0 Å². The number of nitro benzene ring substituents is 1. The summed E-state index contributed by atoms with van der Waals surface area (Å²) in [5.74, 6) is -0.0803. The fraction of sp³-hybridized carbons (Fsp3) is 0.417. The van der Waals surface area contributed by atoms with E-state index in [1.807, 2.05) is 0 Å². The van der Waals surface area contributed by atoms with Gasteiger partial charge in [0.1, 0.15) is 5.56 Å². The maximum absolute atomic E-state index is 12.0. The number of carbonyl (C=O) groups excluding carboxylic acids is 1. The van der Waals surface area contributed by atoms with Crippen LogP contribution >= 0.6 is 24.0 Å². The Morgan fingerprint density at radius 3 is 2.90 bits per heavy atom. The zero-order valence-electron chi connectivity index (χ0n) is 10.6. The Bertz CT molecular complexity index is 505. The molecule has 1 aliphatic heterocycles. The highest BCUT2D eigenvalue weighted by atomic mass is 35.5. The average molecular weight is 320 g/mol. The summed E-state index contributed by atoms with van der Waals surface area (Å²) >= 11 is 5.78. The monoisotopic (exact) mass is 319 g/mol. The van der Waals surface area contributed by atoms with Crippen LogP contribution in [-0.2, 0) is 0 Å². The number of benzene rings is 1. The molecular weight excluding hydrogens is 305 g/mol. The van der Waals surface area contributed by atoms with Crippen LogP contribution in [0.3, 0.4) is 0 Å². The quantitative estimate of drug-likeness (QED) is 0.656. The number of nitro groups is 1. The molecule has 1 heterocycles. The first kappa shape index (κ1) is 16.7. The lowest BCUT2D eigenvalue weighted by Gasteiger charge is -2.10. The van der Waals surface area contributed by atoms with Gasteiger partial charge in [0.05, 0.1) is 4.92 Å². The van der Waals surface area contributed by atoms with Crippen molar-refractivity contribution >= 4 is 35.6 Å². The molecule has 1 aromatic rings. The van der Waals surface area contributed by atoms with Crippen LogP contribution < -0.4 is 10.6 Å². The summed E-state index contributed by atoms with van der Waals surface area (Å²) in [7, 11) is 0. The Kier molecular flexibility index (Phi) is 6.19.